The van der Waals surface area contributed by atoms with Crippen LogP contribution in [0.5, 0.6) is 0 Å². The molecule has 2 aromatic carbocycles. The van der Waals surface area contributed by atoms with Crippen LogP contribution >= 0.6 is 0 Å². The second-order valence-electron chi connectivity index (χ2n) is 11.7. The van der Waals surface area contributed by atoms with Gasteiger partial charge in [-0.25, -0.2) is 8.78 Å². The minimum absolute atomic E-state index is 0.0168. The zero-order chi connectivity index (χ0) is 29.7. The molecule has 41 heavy (non-hydrogen) atoms. The van der Waals surface area contributed by atoms with Crippen LogP contribution in [-0.4, -0.2) is 45.3 Å². The van der Waals surface area contributed by atoms with Crippen molar-refractivity contribution in [3.63, 3.8) is 0 Å². The third-order valence-electron chi connectivity index (χ3n) is 7.63. The average Bonchev–Trinajstić information content (AvgIpc) is 3.32. The lowest BCUT2D eigenvalue weighted by Gasteiger charge is -2.37. The third-order valence-corrected chi connectivity index (χ3v) is 7.63. The smallest absolute Gasteiger partial charge is 0.305 e. The van der Waals surface area contributed by atoms with Crippen molar-refractivity contribution in [2.24, 2.45) is 11.3 Å². The molecule has 2 amide bonds. The molecule has 218 valence electrons. The second kappa shape index (κ2) is 12.6. The van der Waals surface area contributed by atoms with Crippen molar-refractivity contribution >= 4 is 17.8 Å². The highest BCUT2D eigenvalue weighted by Crippen LogP contribution is 2.37. The lowest BCUT2D eigenvalue weighted by atomic mass is 9.71. The molecule has 1 saturated carbocycles. The van der Waals surface area contributed by atoms with Crippen LogP contribution in [-0.2, 0) is 11.3 Å². The molecule has 0 unspecified atom stereocenters. The Bertz CT molecular complexity index is 1380. The van der Waals surface area contributed by atoms with Crippen molar-refractivity contribution in [2.45, 2.75) is 65.5 Å². The van der Waals surface area contributed by atoms with E-state index >= 15 is 0 Å². The Balaban J connectivity index is 1.53. The summed E-state index contributed by atoms with van der Waals surface area (Å²) in [5.41, 5.74) is 2.07. The number of aliphatic carboxylic acids is 1. The van der Waals surface area contributed by atoms with E-state index in [2.05, 4.69) is 36.5 Å². The summed E-state index contributed by atoms with van der Waals surface area (Å²) in [4.78, 5) is 36.4. The van der Waals surface area contributed by atoms with Gasteiger partial charge in [-0.3, -0.25) is 19.1 Å². The maximum Gasteiger partial charge on any atom is 0.305 e. The first-order valence-corrected chi connectivity index (χ1v) is 13.8. The van der Waals surface area contributed by atoms with E-state index in [9.17, 15) is 23.2 Å². The molecular formula is C31H36F2N4O4. The summed E-state index contributed by atoms with van der Waals surface area (Å²) in [5.74, 6) is -2.60. The van der Waals surface area contributed by atoms with E-state index in [-0.39, 0.29) is 53.8 Å². The van der Waals surface area contributed by atoms with Gasteiger partial charge in [0.2, 0.25) is 0 Å². The molecule has 1 aliphatic carbocycles. The van der Waals surface area contributed by atoms with Gasteiger partial charge in [-0.2, -0.15) is 5.10 Å². The van der Waals surface area contributed by atoms with E-state index in [1.165, 1.54) is 22.9 Å². The molecule has 1 aromatic heterocycles. The number of nitrogens with zero attached hydrogens (tertiary/aromatic N) is 2. The average molecular weight is 567 g/mol. The van der Waals surface area contributed by atoms with E-state index in [0.29, 0.717) is 11.5 Å². The second-order valence-corrected chi connectivity index (χ2v) is 11.7. The van der Waals surface area contributed by atoms with Crippen molar-refractivity contribution in [2.75, 3.05) is 6.54 Å². The Hall–Kier alpha value is -4.08. The third kappa shape index (κ3) is 7.99. The Morgan fingerprint density at radius 2 is 1.59 bits per heavy atom. The summed E-state index contributed by atoms with van der Waals surface area (Å²) >= 11 is 0. The maximum atomic E-state index is 14.0. The van der Waals surface area contributed by atoms with Crippen molar-refractivity contribution in [3.05, 3.63) is 77.0 Å². The number of rotatable bonds is 9. The molecule has 3 aromatic rings. The number of halogens is 2. The number of hydrogen-bond donors (Lipinski definition) is 3. The van der Waals surface area contributed by atoms with E-state index in [0.717, 1.165) is 37.3 Å². The Labute approximate surface area is 238 Å². The number of carbonyl (C=O) groups excluding carboxylic acids is 2. The van der Waals surface area contributed by atoms with Crippen molar-refractivity contribution in [3.8, 4) is 11.3 Å². The first-order chi connectivity index (χ1) is 19.4. The van der Waals surface area contributed by atoms with E-state index < -0.39 is 23.5 Å². The molecule has 0 aliphatic heterocycles. The Morgan fingerprint density at radius 1 is 0.951 bits per heavy atom. The molecule has 0 bridgehead atoms. The van der Waals surface area contributed by atoms with Crippen LogP contribution < -0.4 is 10.6 Å². The molecule has 1 heterocycles. The van der Waals surface area contributed by atoms with Crippen LogP contribution in [0.3, 0.4) is 0 Å². The van der Waals surface area contributed by atoms with Crippen LogP contribution in [0, 0.1) is 23.0 Å². The molecule has 8 nitrogen and oxygen atoms in total. The standard InChI is InChI=1S/C31H36F2N4O4/c1-31(2,3)22-8-10-25(11-9-22)35-30(41)27-17-26(21-14-23(32)16-24(33)15-21)36-37(27)18-19-4-6-20(7-5-19)29(40)34-13-12-28(38)39/h4-7,14-17,22,25H,8-13,18H2,1-3H3,(H,34,40)(H,35,41)(H,38,39). The number of amides is 2. The van der Waals surface area contributed by atoms with Crippen LogP contribution in [0.1, 0.15) is 79.3 Å². The first-order valence-electron chi connectivity index (χ1n) is 13.8. The van der Waals surface area contributed by atoms with Crippen molar-refractivity contribution in [1.82, 2.24) is 20.4 Å². The number of benzene rings is 2. The molecule has 0 radical (unpaired) electrons. The van der Waals surface area contributed by atoms with Gasteiger partial charge in [-0.1, -0.05) is 32.9 Å². The molecular weight excluding hydrogens is 530 g/mol. The first kappa shape index (κ1) is 29.9. The fourth-order valence-corrected chi connectivity index (χ4v) is 5.25. The summed E-state index contributed by atoms with van der Waals surface area (Å²) in [5, 5.41) is 18.9. The van der Waals surface area contributed by atoms with Gasteiger partial charge in [0.05, 0.1) is 18.7 Å². The van der Waals surface area contributed by atoms with Gasteiger partial charge in [0.1, 0.15) is 17.3 Å². The van der Waals surface area contributed by atoms with Gasteiger partial charge in [-0.15, -0.1) is 0 Å². The highest BCUT2D eigenvalue weighted by atomic mass is 19.1. The van der Waals surface area contributed by atoms with Gasteiger partial charge in [0.25, 0.3) is 11.8 Å². The molecule has 4 rings (SSSR count). The highest BCUT2D eigenvalue weighted by molar-refractivity contribution is 5.95. The summed E-state index contributed by atoms with van der Waals surface area (Å²) in [6.07, 6.45) is 3.62. The predicted molar refractivity (Wildman–Crippen MR) is 150 cm³/mol. The molecule has 10 heteroatoms. The van der Waals surface area contributed by atoms with E-state index in [1.807, 2.05) is 0 Å². The normalized spacial score (nSPS) is 17.2. The molecule has 0 spiro atoms. The van der Waals surface area contributed by atoms with Gasteiger partial charge in [-0.05, 0) is 72.9 Å². The van der Waals surface area contributed by atoms with Crippen LogP contribution in [0.25, 0.3) is 11.3 Å². The molecule has 1 aliphatic rings. The summed E-state index contributed by atoms with van der Waals surface area (Å²) in [6.45, 7) is 6.92. The minimum atomic E-state index is -1.00. The zero-order valence-corrected chi connectivity index (χ0v) is 23.5. The summed E-state index contributed by atoms with van der Waals surface area (Å²) in [7, 11) is 0. The number of hydrogen-bond acceptors (Lipinski definition) is 4. The summed E-state index contributed by atoms with van der Waals surface area (Å²) < 4.78 is 29.4. The van der Waals surface area contributed by atoms with Crippen LogP contribution in [0.15, 0.2) is 48.5 Å². The predicted octanol–water partition coefficient (Wildman–Crippen LogP) is 5.42. The minimum Gasteiger partial charge on any atom is -0.481 e. The fourth-order valence-electron chi connectivity index (χ4n) is 5.25. The van der Waals surface area contributed by atoms with Gasteiger partial charge in [0.15, 0.2) is 0 Å². The molecule has 1 fully saturated rings. The maximum absolute atomic E-state index is 14.0. The van der Waals surface area contributed by atoms with E-state index in [4.69, 9.17) is 5.11 Å². The van der Waals surface area contributed by atoms with Crippen molar-refractivity contribution in [1.29, 1.82) is 0 Å². The lowest BCUT2D eigenvalue weighted by molar-refractivity contribution is -0.136. The lowest BCUT2D eigenvalue weighted by Crippen LogP contribution is -2.40. The monoisotopic (exact) mass is 566 g/mol. The van der Waals surface area contributed by atoms with Gasteiger partial charge < -0.3 is 15.7 Å². The number of carboxylic acids is 1. The SMILES string of the molecule is CC(C)(C)C1CCC(NC(=O)c2cc(-c3cc(F)cc(F)c3)nn2Cc2ccc(C(=O)NCCC(=O)O)cc2)CC1. The Morgan fingerprint density at radius 3 is 2.17 bits per heavy atom. The molecule has 3 N–H and O–H groups in total. The number of aromatic nitrogens is 2. The van der Waals surface area contributed by atoms with Crippen LogP contribution in [0.4, 0.5) is 8.78 Å². The summed E-state index contributed by atoms with van der Waals surface area (Å²) in [6, 6.07) is 11.3. The topological polar surface area (TPSA) is 113 Å². The van der Waals surface area contributed by atoms with Crippen LogP contribution in [0.2, 0.25) is 0 Å². The largest absolute Gasteiger partial charge is 0.481 e. The number of nitrogens with one attached hydrogen (secondary N) is 2. The number of carboxylic acid groups (broad SMARTS) is 1. The van der Waals surface area contributed by atoms with Crippen molar-refractivity contribution < 1.29 is 28.3 Å². The highest BCUT2D eigenvalue weighted by Gasteiger charge is 2.31. The zero-order valence-electron chi connectivity index (χ0n) is 23.5. The van der Waals surface area contributed by atoms with Gasteiger partial charge >= 0.3 is 5.97 Å². The number of carbonyl (C=O) groups is 3. The van der Waals surface area contributed by atoms with Gasteiger partial charge in [0, 0.05) is 29.8 Å². The quantitative estimate of drug-likeness (QED) is 0.320. The fraction of sp³-hybridized carbons (Fsp3) is 0.419. The molecule has 0 atom stereocenters. The Kier molecular flexibility index (Phi) is 9.20. The molecule has 0 saturated heterocycles. The van der Waals surface area contributed by atoms with E-state index in [1.54, 1.807) is 24.3 Å².